The van der Waals surface area contributed by atoms with Crippen molar-refractivity contribution in [3.05, 3.63) is 47.5 Å². The molecule has 1 N–H and O–H groups in total. The Kier molecular flexibility index (Phi) is 4.72. The number of hydrogen-bond donors (Lipinski definition) is 1. The fourth-order valence-corrected chi connectivity index (χ4v) is 3.22. The molecule has 2 aromatic rings. The van der Waals surface area contributed by atoms with Crippen LogP contribution >= 0.6 is 0 Å². The molecule has 132 valence electrons. The first kappa shape index (κ1) is 16.2. The van der Waals surface area contributed by atoms with Crippen molar-refractivity contribution in [2.24, 2.45) is 0 Å². The predicted molar refractivity (Wildman–Crippen MR) is 95.3 cm³/mol. The van der Waals surface area contributed by atoms with E-state index in [1.165, 1.54) is 0 Å². The Morgan fingerprint density at radius 3 is 2.88 bits per heavy atom. The van der Waals surface area contributed by atoms with Gasteiger partial charge in [0.1, 0.15) is 24.3 Å². The first-order valence-electron chi connectivity index (χ1n) is 8.67. The van der Waals surface area contributed by atoms with Crippen LogP contribution in [0.4, 0.5) is 5.82 Å². The highest BCUT2D eigenvalue weighted by atomic mass is 16.5. The van der Waals surface area contributed by atoms with E-state index < -0.39 is 0 Å². The summed E-state index contributed by atoms with van der Waals surface area (Å²) >= 11 is 0. The largest absolute Gasteiger partial charge is 0.497 e. The number of anilines is 1. The lowest BCUT2D eigenvalue weighted by atomic mass is 10.1. The second kappa shape index (κ2) is 7.29. The average molecular weight is 341 g/mol. The molecule has 0 bridgehead atoms. The van der Waals surface area contributed by atoms with E-state index in [0.717, 1.165) is 54.8 Å². The van der Waals surface area contributed by atoms with Gasteiger partial charge in [-0.25, -0.2) is 0 Å². The second-order valence-corrected chi connectivity index (χ2v) is 6.24. The zero-order valence-corrected chi connectivity index (χ0v) is 14.4. The van der Waals surface area contributed by atoms with Crippen LogP contribution in [0.2, 0.25) is 0 Å². The highest BCUT2D eigenvalue weighted by Crippen LogP contribution is 2.28. The van der Waals surface area contributed by atoms with Gasteiger partial charge in [-0.3, -0.25) is 0 Å². The van der Waals surface area contributed by atoms with Gasteiger partial charge < -0.3 is 24.4 Å². The number of hydrogen-bond acceptors (Lipinski definition) is 6. The summed E-state index contributed by atoms with van der Waals surface area (Å²) in [6.07, 6.45) is 0.0304. The van der Waals surface area contributed by atoms with E-state index in [1.807, 2.05) is 12.1 Å². The third-order valence-corrected chi connectivity index (χ3v) is 4.64. The number of aromatic nitrogens is 1. The van der Waals surface area contributed by atoms with Crippen LogP contribution in [0, 0.1) is 0 Å². The molecule has 1 aromatic heterocycles. The zero-order valence-electron chi connectivity index (χ0n) is 14.4. The molecule has 1 saturated heterocycles. The molecule has 2 aliphatic heterocycles. The molecule has 3 heterocycles. The van der Waals surface area contributed by atoms with E-state index in [1.54, 1.807) is 7.11 Å². The first-order chi connectivity index (χ1) is 12.3. The third-order valence-electron chi connectivity index (χ3n) is 4.64. The smallest absolute Gasteiger partial charge is 0.219 e. The highest BCUT2D eigenvalue weighted by Gasteiger charge is 2.24. The molecule has 0 saturated carbocycles. The quantitative estimate of drug-likeness (QED) is 0.923. The van der Waals surface area contributed by atoms with Crippen LogP contribution in [0.25, 0.3) is 0 Å². The molecule has 4 rings (SSSR count). The van der Waals surface area contributed by atoms with E-state index in [0.29, 0.717) is 13.2 Å². The van der Waals surface area contributed by atoms with E-state index in [2.05, 4.69) is 34.5 Å². The number of benzene rings is 1. The molecule has 1 fully saturated rings. The Bertz CT molecular complexity index is 720. The Labute approximate surface area is 147 Å². The predicted octanol–water partition coefficient (Wildman–Crippen LogP) is 2.15. The van der Waals surface area contributed by atoms with E-state index in [9.17, 15) is 0 Å². The minimum absolute atomic E-state index is 0.0304. The van der Waals surface area contributed by atoms with Crippen molar-refractivity contribution >= 4 is 5.82 Å². The highest BCUT2D eigenvalue weighted by molar-refractivity contribution is 5.45. The van der Waals surface area contributed by atoms with Gasteiger partial charge in [-0.2, -0.15) is 4.98 Å². The molecule has 6 nitrogen and oxygen atoms in total. The van der Waals surface area contributed by atoms with Gasteiger partial charge in [-0.05, 0) is 29.8 Å². The van der Waals surface area contributed by atoms with Crippen LogP contribution in [0.3, 0.4) is 0 Å². The summed E-state index contributed by atoms with van der Waals surface area (Å²) in [4.78, 5) is 7.00. The molecular formula is C19H23N3O3. The molecule has 1 atom stereocenters. The summed E-state index contributed by atoms with van der Waals surface area (Å²) in [6, 6.07) is 12.2. The molecule has 0 spiro atoms. The van der Waals surface area contributed by atoms with Crippen molar-refractivity contribution in [3.63, 3.8) is 0 Å². The summed E-state index contributed by atoms with van der Waals surface area (Å²) in [5.41, 5.74) is 2.27. The summed E-state index contributed by atoms with van der Waals surface area (Å²) in [5, 5.41) is 3.33. The summed E-state index contributed by atoms with van der Waals surface area (Å²) in [6.45, 7) is 4.59. The van der Waals surface area contributed by atoms with Gasteiger partial charge in [-0.1, -0.05) is 12.1 Å². The standard InChI is InChI=1S/C19H23N3O3/c1-23-16-5-2-14(3-6-16)17-13-22(9-11-24-17)18-7-4-15-12-20-8-10-25-19(15)21-18/h2-7,17,20H,8-13H2,1H3. The number of morpholine rings is 1. The van der Waals surface area contributed by atoms with Gasteiger partial charge in [0.25, 0.3) is 0 Å². The maximum absolute atomic E-state index is 5.97. The third kappa shape index (κ3) is 3.55. The van der Waals surface area contributed by atoms with Crippen molar-refractivity contribution in [3.8, 4) is 11.6 Å². The van der Waals surface area contributed by atoms with Crippen LogP contribution in [-0.2, 0) is 11.3 Å². The van der Waals surface area contributed by atoms with E-state index >= 15 is 0 Å². The van der Waals surface area contributed by atoms with Crippen LogP contribution in [0.5, 0.6) is 11.6 Å². The normalized spacial score (nSPS) is 20.4. The minimum atomic E-state index is 0.0304. The summed E-state index contributed by atoms with van der Waals surface area (Å²) in [5.74, 6) is 2.55. The Balaban J connectivity index is 1.51. The topological polar surface area (TPSA) is 55.9 Å². The van der Waals surface area contributed by atoms with Crippen LogP contribution in [-0.4, -0.2) is 44.9 Å². The number of rotatable bonds is 3. The lowest BCUT2D eigenvalue weighted by Crippen LogP contribution is -2.38. The second-order valence-electron chi connectivity index (χ2n) is 6.24. The van der Waals surface area contributed by atoms with Crippen LogP contribution < -0.4 is 19.7 Å². The number of methoxy groups -OCH3 is 1. The molecule has 0 amide bonds. The van der Waals surface area contributed by atoms with Gasteiger partial charge in [0.15, 0.2) is 0 Å². The summed E-state index contributed by atoms with van der Waals surface area (Å²) < 4.78 is 17.0. The van der Waals surface area contributed by atoms with Crippen LogP contribution in [0.1, 0.15) is 17.2 Å². The van der Waals surface area contributed by atoms with Crippen molar-refractivity contribution in [2.45, 2.75) is 12.6 Å². The fourth-order valence-electron chi connectivity index (χ4n) is 3.22. The van der Waals surface area contributed by atoms with Gasteiger partial charge >= 0.3 is 0 Å². The number of ether oxygens (including phenoxy) is 3. The molecule has 1 unspecified atom stereocenters. The Morgan fingerprint density at radius 1 is 1.16 bits per heavy atom. The first-order valence-corrected chi connectivity index (χ1v) is 8.67. The Hall–Kier alpha value is -2.31. The molecular weight excluding hydrogens is 318 g/mol. The maximum Gasteiger partial charge on any atom is 0.219 e. The number of pyridine rings is 1. The van der Waals surface area contributed by atoms with Crippen molar-refractivity contribution < 1.29 is 14.2 Å². The molecule has 0 radical (unpaired) electrons. The number of fused-ring (bicyclic) bond motifs is 1. The fraction of sp³-hybridized carbons (Fsp3) is 0.421. The molecule has 1 aromatic carbocycles. The van der Waals surface area contributed by atoms with Crippen molar-refractivity contribution in [2.75, 3.05) is 44.9 Å². The average Bonchev–Trinajstić information content (AvgIpc) is 2.93. The van der Waals surface area contributed by atoms with Crippen molar-refractivity contribution in [1.29, 1.82) is 0 Å². The van der Waals surface area contributed by atoms with Gasteiger partial charge in [0.05, 0.1) is 13.7 Å². The van der Waals surface area contributed by atoms with E-state index in [4.69, 9.17) is 19.2 Å². The SMILES string of the molecule is COc1ccc(C2CN(c3ccc4c(n3)OCCNC4)CCO2)cc1. The molecule has 0 aliphatic carbocycles. The van der Waals surface area contributed by atoms with E-state index in [-0.39, 0.29) is 6.10 Å². The summed E-state index contributed by atoms with van der Waals surface area (Å²) in [7, 11) is 1.68. The number of nitrogens with one attached hydrogen (secondary N) is 1. The zero-order chi connectivity index (χ0) is 17.1. The van der Waals surface area contributed by atoms with Crippen LogP contribution in [0.15, 0.2) is 36.4 Å². The Morgan fingerprint density at radius 2 is 2.04 bits per heavy atom. The maximum atomic E-state index is 5.97. The lowest BCUT2D eigenvalue weighted by Gasteiger charge is -2.34. The number of nitrogens with zero attached hydrogens (tertiary/aromatic N) is 2. The van der Waals surface area contributed by atoms with Crippen molar-refractivity contribution in [1.82, 2.24) is 10.3 Å². The van der Waals surface area contributed by atoms with Gasteiger partial charge in [0.2, 0.25) is 5.88 Å². The van der Waals surface area contributed by atoms with Gasteiger partial charge in [0, 0.05) is 31.7 Å². The lowest BCUT2D eigenvalue weighted by molar-refractivity contribution is 0.0394. The minimum Gasteiger partial charge on any atom is -0.497 e. The molecule has 2 aliphatic rings. The molecule has 25 heavy (non-hydrogen) atoms. The monoisotopic (exact) mass is 341 g/mol. The van der Waals surface area contributed by atoms with Gasteiger partial charge in [-0.15, -0.1) is 0 Å². The molecule has 6 heteroatoms.